The molecular formula is C24H30F4N2O4S. The van der Waals surface area contributed by atoms with Gasteiger partial charge in [-0.25, -0.2) is 17.5 Å². The van der Waals surface area contributed by atoms with Gasteiger partial charge in [-0.3, -0.25) is 4.79 Å². The van der Waals surface area contributed by atoms with Crippen LogP contribution in [0.1, 0.15) is 54.3 Å². The predicted octanol–water partition coefficient (Wildman–Crippen LogP) is 4.37. The minimum Gasteiger partial charge on any atom is -0.376 e. The number of nitrogens with zero attached hydrogens (tertiary/aromatic N) is 1. The van der Waals surface area contributed by atoms with Crippen molar-refractivity contribution in [1.82, 2.24) is 9.29 Å². The van der Waals surface area contributed by atoms with E-state index in [9.17, 15) is 30.8 Å². The molecule has 2 aromatic rings. The quantitative estimate of drug-likeness (QED) is 0.500. The Hall–Kier alpha value is -2.24. The molecule has 1 atom stereocenters. The van der Waals surface area contributed by atoms with Gasteiger partial charge in [0.2, 0.25) is 10.0 Å². The number of benzene rings is 1. The van der Waals surface area contributed by atoms with Crippen LogP contribution in [0.5, 0.6) is 0 Å². The highest BCUT2D eigenvalue weighted by molar-refractivity contribution is 7.89. The lowest BCUT2D eigenvalue weighted by Crippen LogP contribution is -2.41. The molecule has 1 aromatic heterocycles. The summed E-state index contributed by atoms with van der Waals surface area (Å²) in [5.74, 6) is -2.08. The summed E-state index contributed by atoms with van der Waals surface area (Å²) in [6.07, 6.45) is -0.557. The third kappa shape index (κ3) is 8.15. The van der Waals surface area contributed by atoms with E-state index < -0.39 is 34.5 Å². The van der Waals surface area contributed by atoms with Gasteiger partial charge in [0.15, 0.2) is 5.75 Å². The van der Waals surface area contributed by atoms with Gasteiger partial charge < -0.3 is 9.30 Å². The van der Waals surface area contributed by atoms with Gasteiger partial charge in [0.05, 0.1) is 18.8 Å². The first kappa shape index (κ1) is 27.3. The first-order valence-corrected chi connectivity index (χ1v) is 13.1. The normalized spacial score (nSPS) is 20.1. The van der Waals surface area contributed by atoms with Crippen LogP contribution in [0.15, 0.2) is 41.3 Å². The first-order valence-electron chi connectivity index (χ1n) is 11.4. The summed E-state index contributed by atoms with van der Waals surface area (Å²) in [5, 5.41) is 0. The number of pyridine rings is 1. The van der Waals surface area contributed by atoms with Gasteiger partial charge in [0.25, 0.3) is 5.56 Å². The molecule has 11 heteroatoms. The molecule has 0 amide bonds. The highest BCUT2D eigenvalue weighted by atomic mass is 32.2. The van der Waals surface area contributed by atoms with Crippen LogP contribution in [-0.4, -0.2) is 44.2 Å². The zero-order valence-corrected chi connectivity index (χ0v) is 20.5. The minimum absolute atomic E-state index is 0.0490. The van der Waals surface area contributed by atoms with Crippen LogP contribution in [0.25, 0.3) is 0 Å². The molecule has 35 heavy (non-hydrogen) atoms. The number of hydrogen-bond acceptors (Lipinski definition) is 4. The number of halogens is 4. The van der Waals surface area contributed by atoms with Crippen LogP contribution in [0.2, 0.25) is 0 Å². The SMILES string of the molecule is Cc1cc(C)c(=O)n(C(CNS(=O)(=O)CC(F)(F)F)COC2CCC(c3cccc(F)c3)CC2)c1. The second-order valence-electron chi connectivity index (χ2n) is 9.15. The zero-order valence-electron chi connectivity index (χ0n) is 19.6. The lowest BCUT2D eigenvalue weighted by molar-refractivity contribution is -0.106. The van der Waals surface area contributed by atoms with Crippen LogP contribution in [0, 0.1) is 19.7 Å². The van der Waals surface area contributed by atoms with Gasteiger partial charge >= 0.3 is 6.18 Å². The predicted molar refractivity (Wildman–Crippen MR) is 124 cm³/mol. The molecule has 1 fully saturated rings. The largest absolute Gasteiger partial charge is 0.404 e. The van der Waals surface area contributed by atoms with Crippen molar-refractivity contribution >= 4 is 10.0 Å². The van der Waals surface area contributed by atoms with Crippen molar-refractivity contribution in [1.29, 1.82) is 0 Å². The summed E-state index contributed by atoms with van der Waals surface area (Å²) in [6.45, 7) is 2.92. The number of alkyl halides is 3. The fraction of sp³-hybridized carbons (Fsp3) is 0.542. The Kier molecular flexibility index (Phi) is 8.76. The average molecular weight is 519 g/mol. The number of ether oxygens (including phenoxy) is 1. The molecule has 1 aliphatic carbocycles. The van der Waals surface area contributed by atoms with Crippen molar-refractivity contribution in [3.63, 3.8) is 0 Å². The molecule has 0 saturated heterocycles. The molecule has 1 N–H and O–H groups in total. The van der Waals surface area contributed by atoms with Crippen LogP contribution in [-0.2, 0) is 14.8 Å². The van der Waals surface area contributed by atoms with Crippen LogP contribution in [0.4, 0.5) is 17.6 Å². The van der Waals surface area contributed by atoms with Crippen molar-refractivity contribution in [3.05, 3.63) is 69.4 Å². The maximum Gasteiger partial charge on any atom is 0.404 e. The smallest absolute Gasteiger partial charge is 0.376 e. The molecule has 194 valence electrons. The number of aryl methyl sites for hydroxylation is 2. The average Bonchev–Trinajstić information content (AvgIpc) is 2.75. The van der Waals surface area contributed by atoms with E-state index in [1.54, 1.807) is 32.2 Å². The van der Waals surface area contributed by atoms with E-state index in [1.165, 1.54) is 16.7 Å². The third-order valence-electron chi connectivity index (χ3n) is 6.16. The molecule has 3 rings (SSSR count). The fourth-order valence-corrected chi connectivity index (χ4v) is 5.47. The van der Waals surface area contributed by atoms with Crippen molar-refractivity contribution in [2.75, 3.05) is 18.9 Å². The van der Waals surface area contributed by atoms with Crippen LogP contribution < -0.4 is 10.3 Å². The number of hydrogen-bond donors (Lipinski definition) is 1. The van der Waals surface area contributed by atoms with E-state index in [4.69, 9.17) is 4.74 Å². The Morgan fingerprint density at radius 3 is 2.46 bits per heavy atom. The topological polar surface area (TPSA) is 77.4 Å². The number of sulfonamides is 1. The second kappa shape index (κ2) is 11.2. The highest BCUT2D eigenvalue weighted by Gasteiger charge is 2.35. The molecule has 1 heterocycles. The van der Waals surface area contributed by atoms with Crippen molar-refractivity contribution < 1.29 is 30.7 Å². The number of nitrogens with one attached hydrogen (secondary N) is 1. The zero-order chi connectivity index (χ0) is 25.8. The molecule has 1 aliphatic rings. The van der Waals surface area contributed by atoms with Crippen LogP contribution in [0.3, 0.4) is 0 Å². The number of aromatic nitrogens is 1. The Morgan fingerprint density at radius 2 is 1.83 bits per heavy atom. The Labute approximate surface area is 202 Å². The van der Waals surface area contributed by atoms with Gasteiger partial charge in [-0.15, -0.1) is 0 Å². The van der Waals surface area contributed by atoms with E-state index >= 15 is 0 Å². The second-order valence-corrected chi connectivity index (χ2v) is 11.0. The van der Waals surface area contributed by atoms with Gasteiger partial charge in [0.1, 0.15) is 5.82 Å². The summed E-state index contributed by atoms with van der Waals surface area (Å²) in [7, 11) is -4.64. The van der Waals surface area contributed by atoms with Crippen molar-refractivity contribution in [2.45, 2.75) is 63.8 Å². The molecular weight excluding hydrogens is 488 g/mol. The maximum absolute atomic E-state index is 13.5. The van der Waals surface area contributed by atoms with E-state index in [-0.39, 0.29) is 30.0 Å². The van der Waals surface area contributed by atoms with Gasteiger partial charge in [-0.05, 0) is 74.8 Å². The van der Waals surface area contributed by atoms with Gasteiger partial charge in [-0.2, -0.15) is 13.2 Å². The summed E-state index contributed by atoms with van der Waals surface area (Å²) in [6, 6.07) is 7.35. The monoisotopic (exact) mass is 518 g/mol. The summed E-state index contributed by atoms with van der Waals surface area (Å²) >= 11 is 0. The first-order chi connectivity index (χ1) is 16.3. The molecule has 0 aliphatic heterocycles. The van der Waals surface area contributed by atoms with Crippen molar-refractivity contribution in [2.24, 2.45) is 0 Å². The minimum atomic E-state index is -4.88. The maximum atomic E-state index is 13.5. The summed E-state index contributed by atoms with van der Waals surface area (Å²) in [4.78, 5) is 12.7. The molecule has 1 saturated carbocycles. The summed E-state index contributed by atoms with van der Waals surface area (Å²) < 4.78 is 84.5. The molecule has 1 aromatic carbocycles. The fourth-order valence-electron chi connectivity index (χ4n) is 4.49. The molecule has 6 nitrogen and oxygen atoms in total. The van der Waals surface area contributed by atoms with Gasteiger partial charge in [-0.1, -0.05) is 12.1 Å². The highest BCUT2D eigenvalue weighted by Crippen LogP contribution is 2.34. The molecule has 0 radical (unpaired) electrons. The Bertz CT molecular complexity index is 1170. The Morgan fingerprint density at radius 1 is 1.14 bits per heavy atom. The lowest BCUT2D eigenvalue weighted by Gasteiger charge is -2.30. The lowest BCUT2D eigenvalue weighted by atomic mass is 9.83. The molecule has 0 spiro atoms. The van der Waals surface area contributed by atoms with Crippen molar-refractivity contribution in [3.8, 4) is 0 Å². The molecule has 0 bridgehead atoms. The third-order valence-corrected chi connectivity index (χ3v) is 7.48. The standard InChI is InChI=1S/C24H30F4N2O4S/c1-16-10-17(2)23(31)30(13-16)21(12-29-35(32,33)15-24(26,27)28)14-34-22-8-6-18(7-9-22)19-4-3-5-20(25)11-19/h3-5,10-11,13,18,21-22,29H,6-9,12,14-15H2,1-2H3. The number of rotatable bonds is 9. The van der Waals surface area contributed by atoms with E-state index in [0.29, 0.717) is 18.4 Å². The van der Waals surface area contributed by atoms with Gasteiger partial charge in [0, 0.05) is 18.3 Å². The van der Waals surface area contributed by atoms with E-state index in [0.717, 1.165) is 24.0 Å². The Balaban J connectivity index is 1.68. The van der Waals surface area contributed by atoms with E-state index in [1.807, 2.05) is 10.8 Å². The van der Waals surface area contributed by atoms with Crippen LogP contribution >= 0.6 is 0 Å². The van der Waals surface area contributed by atoms with E-state index in [2.05, 4.69) is 0 Å². The molecule has 1 unspecified atom stereocenters. The summed E-state index contributed by atoms with van der Waals surface area (Å²) in [5.41, 5.74) is 1.75.